The quantitative estimate of drug-likeness (QED) is 0.902. The number of para-hydroxylation sites is 1. The van der Waals surface area contributed by atoms with Crippen molar-refractivity contribution in [3.05, 3.63) is 23.8 Å². The van der Waals surface area contributed by atoms with Crippen LogP contribution in [0, 0.1) is 5.92 Å². The second kappa shape index (κ2) is 5.83. The van der Waals surface area contributed by atoms with Gasteiger partial charge in [-0.05, 0) is 31.4 Å². The number of rotatable bonds is 4. The van der Waals surface area contributed by atoms with Gasteiger partial charge in [0.2, 0.25) is 0 Å². The summed E-state index contributed by atoms with van der Waals surface area (Å²) in [7, 11) is 0. The Kier molecular flexibility index (Phi) is 3.92. The summed E-state index contributed by atoms with van der Waals surface area (Å²) in [5, 5.41) is 3.66. The van der Waals surface area contributed by atoms with Crippen LogP contribution in [0.3, 0.4) is 0 Å². The summed E-state index contributed by atoms with van der Waals surface area (Å²) in [6.45, 7) is 4.49. The van der Waals surface area contributed by atoms with Gasteiger partial charge >= 0.3 is 0 Å². The van der Waals surface area contributed by atoms with Gasteiger partial charge in [0, 0.05) is 11.6 Å². The van der Waals surface area contributed by atoms with Crippen molar-refractivity contribution in [2.45, 2.75) is 38.6 Å². The molecule has 0 radical (unpaired) electrons. The molecular weight excluding hydrogens is 238 g/mol. The van der Waals surface area contributed by atoms with E-state index in [4.69, 9.17) is 9.47 Å². The van der Waals surface area contributed by atoms with E-state index in [1.54, 1.807) is 0 Å². The van der Waals surface area contributed by atoms with Gasteiger partial charge in [-0.2, -0.15) is 0 Å². The summed E-state index contributed by atoms with van der Waals surface area (Å²) >= 11 is 0. The molecule has 0 spiro atoms. The first-order chi connectivity index (χ1) is 9.40. The van der Waals surface area contributed by atoms with E-state index >= 15 is 0 Å². The standard InChI is InChI=1S/C16H23NO2/c1-2-17-15(12-6-3-4-7-12)13-8-5-9-14-16(13)19-11-10-18-14/h5,8-9,12,15,17H,2-4,6-7,10-11H2,1H3. The van der Waals surface area contributed by atoms with E-state index in [0.29, 0.717) is 19.3 Å². The summed E-state index contributed by atoms with van der Waals surface area (Å²) in [5.41, 5.74) is 1.28. The highest BCUT2D eigenvalue weighted by molar-refractivity contribution is 5.49. The zero-order chi connectivity index (χ0) is 13.1. The van der Waals surface area contributed by atoms with Gasteiger partial charge in [0.15, 0.2) is 11.5 Å². The average Bonchev–Trinajstić information content (AvgIpc) is 2.98. The smallest absolute Gasteiger partial charge is 0.166 e. The molecular formula is C16H23NO2. The molecule has 1 heterocycles. The Balaban J connectivity index is 1.92. The zero-order valence-electron chi connectivity index (χ0n) is 11.7. The number of hydrogen-bond acceptors (Lipinski definition) is 3. The van der Waals surface area contributed by atoms with Gasteiger partial charge in [-0.1, -0.05) is 31.9 Å². The number of ether oxygens (including phenoxy) is 2. The lowest BCUT2D eigenvalue weighted by molar-refractivity contribution is 0.167. The molecule has 1 aliphatic heterocycles. The van der Waals surface area contributed by atoms with Gasteiger partial charge in [-0.3, -0.25) is 0 Å². The molecule has 0 bridgehead atoms. The minimum absolute atomic E-state index is 0.407. The fourth-order valence-electron chi connectivity index (χ4n) is 3.38. The molecule has 1 saturated carbocycles. The normalized spacial score (nSPS) is 20.5. The molecule has 19 heavy (non-hydrogen) atoms. The largest absolute Gasteiger partial charge is 0.486 e. The summed E-state index contributed by atoms with van der Waals surface area (Å²) in [6, 6.07) is 6.70. The van der Waals surface area contributed by atoms with Gasteiger partial charge in [0.1, 0.15) is 13.2 Å². The van der Waals surface area contributed by atoms with E-state index in [9.17, 15) is 0 Å². The molecule has 0 saturated heterocycles. The summed E-state index contributed by atoms with van der Waals surface area (Å²) in [6.07, 6.45) is 5.36. The maximum absolute atomic E-state index is 5.88. The van der Waals surface area contributed by atoms with E-state index in [0.717, 1.165) is 24.0 Å². The maximum Gasteiger partial charge on any atom is 0.166 e. The van der Waals surface area contributed by atoms with Gasteiger partial charge < -0.3 is 14.8 Å². The number of fused-ring (bicyclic) bond motifs is 1. The second-order valence-corrected chi connectivity index (χ2v) is 5.45. The Bertz CT molecular complexity index is 427. The van der Waals surface area contributed by atoms with Crippen molar-refractivity contribution < 1.29 is 9.47 Å². The van der Waals surface area contributed by atoms with Crippen LogP contribution in [0.25, 0.3) is 0 Å². The van der Waals surface area contributed by atoms with Crippen LogP contribution < -0.4 is 14.8 Å². The molecule has 2 aliphatic rings. The first kappa shape index (κ1) is 12.8. The third-order valence-electron chi connectivity index (χ3n) is 4.23. The summed E-state index contributed by atoms with van der Waals surface area (Å²) in [4.78, 5) is 0. The Morgan fingerprint density at radius 2 is 2.00 bits per heavy atom. The molecule has 104 valence electrons. The van der Waals surface area contributed by atoms with E-state index in [2.05, 4.69) is 24.4 Å². The fraction of sp³-hybridized carbons (Fsp3) is 0.625. The second-order valence-electron chi connectivity index (χ2n) is 5.45. The van der Waals surface area contributed by atoms with Gasteiger partial charge in [-0.15, -0.1) is 0 Å². The Labute approximate surface area is 115 Å². The topological polar surface area (TPSA) is 30.5 Å². The van der Waals surface area contributed by atoms with Crippen molar-refractivity contribution in [2.24, 2.45) is 5.92 Å². The van der Waals surface area contributed by atoms with Crippen molar-refractivity contribution in [2.75, 3.05) is 19.8 Å². The molecule has 0 amide bonds. The van der Waals surface area contributed by atoms with E-state index in [1.165, 1.54) is 31.2 Å². The van der Waals surface area contributed by atoms with Crippen LogP contribution in [0.4, 0.5) is 0 Å². The van der Waals surface area contributed by atoms with Crippen LogP contribution in [0.5, 0.6) is 11.5 Å². The van der Waals surface area contributed by atoms with Crippen molar-refractivity contribution in [1.29, 1.82) is 0 Å². The predicted octanol–water partition coefficient (Wildman–Crippen LogP) is 3.30. The molecule has 3 heteroatoms. The first-order valence-electron chi connectivity index (χ1n) is 7.52. The van der Waals surface area contributed by atoms with Crippen molar-refractivity contribution in [3.8, 4) is 11.5 Å². The van der Waals surface area contributed by atoms with Crippen LogP contribution in [-0.2, 0) is 0 Å². The SMILES string of the molecule is CCNC(c1cccc2c1OCCO2)C1CCCC1. The minimum Gasteiger partial charge on any atom is -0.486 e. The highest BCUT2D eigenvalue weighted by atomic mass is 16.6. The van der Waals surface area contributed by atoms with Gasteiger partial charge in [0.25, 0.3) is 0 Å². The fourth-order valence-corrected chi connectivity index (χ4v) is 3.38. The molecule has 0 aromatic heterocycles. The molecule has 1 unspecified atom stereocenters. The lowest BCUT2D eigenvalue weighted by Gasteiger charge is -2.29. The molecule has 1 atom stereocenters. The van der Waals surface area contributed by atoms with Crippen LogP contribution in [0.1, 0.15) is 44.2 Å². The monoisotopic (exact) mass is 261 g/mol. The maximum atomic E-state index is 5.88. The van der Waals surface area contributed by atoms with Crippen molar-refractivity contribution in [3.63, 3.8) is 0 Å². The van der Waals surface area contributed by atoms with Crippen molar-refractivity contribution in [1.82, 2.24) is 5.32 Å². The molecule has 3 rings (SSSR count). The Morgan fingerprint density at radius 3 is 2.79 bits per heavy atom. The highest BCUT2D eigenvalue weighted by Crippen LogP contribution is 2.43. The van der Waals surface area contributed by atoms with Gasteiger partial charge in [0.05, 0.1) is 0 Å². The molecule has 1 N–H and O–H groups in total. The number of hydrogen-bond donors (Lipinski definition) is 1. The summed E-state index contributed by atoms with van der Waals surface area (Å²) < 4.78 is 11.6. The third-order valence-corrected chi connectivity index (χ3v) is 4.23. The van der Waals surface area contributed by atoms with Gasteiger partial charge in [-0.25, -0.2) is 0 Å². The minimum atomic E-state index is 0.407. The van der Waals surface area contributed by atoms with Crippen LogP contribution in [0.15, 0.2) is 18.2 Å². The molecule has 1 fully saturated rings. The predicted molar refractivity (Wildman–Crippen MR) is 75.8 cm³/mol. The first-order valence-corrected chi connectivity index (χ1v) is 7.52. The molecule has 1 aromatic carbocycles. The van der Waals surface area contributed by atoms with Crippen molar-refractivity contribution >= 4 is 0 Å². The lowest BCUT2D eigenvalue weighted by Crippen LogP contribution is -2.28. The Hall–Kier alpha value is -1.22. The van der Waals surface area contributed by atoms with E-state index < -0.39 is 0 Å². The number of nitrogens with one attached hydrogen (secondary N) is 1. The summed E-state index contributed by atoms with van der Waals surface area (Å²) in [5.74, 6) is 2.60. The zero-order valence-corrected chi connectivity index (χ0v) is 11.7. The van der Waals surface area contributed by atoms with Crippen LogP contribution in [-0.4, -0.2) is 19.8 Å². The van der Waals surface area contributed by atoms with Crippen LogP contribution in [0.2, 0.25) is 0 Å². The highest BCUT2D eigenvalue weighted by Gasteiger charge is 2.29. The third kappa shape index (κ3) is 2.57. The lowest BCUT2D eigenvalue weighted by atomic mass is 9.90. The number of benzene rings is 1. The molecule has 3 nitrogen and oxygen atoms in total. The van der Waals surface area contributed by atoms with Crippen LogP contribution >= 0.6 is 0 Å². The molecule has 1 aromatic rings. The molecule has 1 aliphatic carbocycles. The van der Waals surface area contributed by atoms with E-state index in [-0.39, 0.29) is 0 Å². The average molecular weight is 261 g/mol. The van der Waals surface area contributed by atoms with E-state index in [1.807, 2.05) is 6.07 Å². The Morgan fingerprint density at radius 1 is 1.21 bits per heavy atom.